The minimum atomic E-state index is -4.62. The van der Waals surface area contributed by atoms with Crippen molar-refractivity contribution in [3.8, 4) is 6.07 Å². The largest absolute Gasteiger partial charge is 0.417 e. The monoisotopic (exact) mass is 499 g/mol. The highest BCUT2D eigenvalue weighted by Gasteiger charge is 2.50. The maximum absolute atomic E-state index is 13.5. The minimum absolute atomic E-state index is 0.147. The predicted molar refractivity (Wildman–Crippen MR) is 127 cm³/mol. The zero-order chi connectivity index (χ0) is 26.3. The molecule has 1 aromatic carbocycles. The lowest BCUT2D eigenvalue weighted by Gasteiger charge is -2.40. The normalized spacial score (nSPS) is 19.3. The molecule has 2 saturated heterocycles. The number of pyridine rings is 1. The molecule has 4 rings (SSSR count). The topological polar surface area (TPSA) is 80.5 Å². The number of benzene rings is 1. The van der Waals surface area contributed by atoms with E-state index >= 15 is 0 Å². The Morgan fingerprint density at radius 3 is 2.47 bits per heavy atom. The Kier molecular flexibility index (Phi) is 6.69. The first kappa shape index (κ1) is 25.5. The number of nitriles is 1. The zero-order valence-corrected chi connectivity index (χ0v) is 20.5. The fourth-order valence-electron chi connectivity index (χ4n) is 5.32. The summed E-state index contributed by atoms with van der Waals surface area (Å²) >= 11 is 0. The van der Waals surface area contributed by atoms with E-state index in [4.69, 9.17) is 5.26 Å². The average molecular weight is 500 g/mol. The van der Waals surface area contributed by atoms with Gasteiger partial charge in [-0.05, 0) is 61.9 Å². The molecule has 0 N–H and O–H groups in total. The molecule has 3 heterocycles. The van der Waals surface area contributed by atoms with Gasteiger partial charge >= 0.3 is 6.18 Å². The van der Waals surface area contributed by atoms with Crippen molar-refractivity contribution in [3.63, 3.8) is 0 Å². The van der Waals surface area contributed by atoms with Crippen molar-refractivity contribution in [1.29, 1.82) is 5.26 Å². The van der Waals surface area contributed by atoms with Gasteiger partial charge in [-0.1, -0.05) is 0 Å². The molecule has 0 radical (unpaired) electrons. The predicted octanol–water partition coefficient (Wildman–Crippen LogP) is 3.87. The van der Waals surface area contributed by atoms with E-state index in [-0.39, 0.29) is 17.2 Å². The van der Waals surface area contributed by atoms with Gasteiger partial charge in [0.2, 0.25) is 5.91 Å². The first-order valence-electron chi connectivity index (χ1n) is 11.8. The van der Waals surface area contributed by atoms with E-state index in [1.54, 1.807) is 56.4 Å². The number of amides is 2. The Bertz CT molecular complexity index is 1210. The Hall–Kier alpha value is -3.61. The van der Waals surface area contributed by atoms with Crippen molar-refractivity contribution in [2.45, 2.75) is 38.4 Å². The van der Waals surface area contributed by atoms with Crippen molar-refractivity contribution in [3.05, 3.63) is 58.9 Å². The number of likely N-dealkylation sites (tertiary alicyclic amines) is 1. The SMILES string of the molecule is Cc1ncccc1C(=O)N1CC2(CCN(c3ccc(C#N)c(C(F)(F)F)c3)CC2)CC1C(=O)N(C)C. The van der Waals surface area contributed by atoms with Crippen LogP contribution in [0.15, 0.2) is 36.5 Å². The first-order valence-corrected chi connectivity index (χ1v) is 11.8. The number of rotatable bonds is 3. The lowest BCUT2D eigenvalue weighted by Crippen LogP contribution is -2.46. The van der Waals surface area contributed by atoms with Gasteiger partial charge in [0.25, 0.3) is 5.91 Å². The number of alkyl halides is 3. The third kappa shape index (κ3) is 4.74. The highest BCUT2D eigenvalue weighted by Crippen LogP contribution is 2.45. The quantitative estimate of drug-likeness (QED) is 0.641. The van der Waals surface area contributed by atoms with Crippen molar-refractivity contribution < 1.29 is 22.8 Å². The summed E-state index contributed by atoms with van der Waals surface area (Å²) in [5.41, 5.74) is -0.187. The zero-order valence-electron chi connectivity index (χ0n) is 20.5. The second-order valence-corrected chi connectivity index (χ2v) is 9.85. The van der Waals surface area contributed by atoms with E-state index in [1.165, 1.54) is 11.0 Å². The molecule has 0 bridgehead atoms. The number of piperidine rings is 1. The number of nitrogens with zero attached hydrogens (tertiary/aromatic N) is 5. The maximum atomic E-state index is 13.5. The third-order valence-corrected chi connectivity index (χ3v) is 7.35. The average Bonchev–Trinajstić information content (AvgIpc) is 3.21. The molecular formula is C26H28F3N5O2. The van der Waals surface area contributed by atoms with Gasteiger partial charge in [-0.2, -0.15) is 18.4 Å². The molecule has 2 fully saturated rings. The molecule has 1 unspecified atom stereocenters. The van der Waals surface area contributed by atoms with Gasteiger partial charge < -0.3 is 14.7 Å². The maximum Gasteiger partial charge on any atom is 0.417 e. The van der Waals surface area contributed by atoms with Crippen LogP contribution in [0.3, 0.4) is 0 Å². The van der Waals surface area contributed by atoms with Crippen LogP contribution in [0, 0.1) is 23.7 Å². The van der Waals surface area contributed by atoms with Crippen LogP contribution in [-0.2, 0) is 11.0 Å². The highest BCUT2D eigenvalue weighted by atomic mass is 19.4. The summed E-state index contributed by atoms with van der Waals surface area (Å²) in [5.74, 6) is -0.381. The summed E-state index contributed by atoms with van der Waals surface area (Å²) in [6, 6.07) is 8.19. The van der Waals surface area contributed by atoms with Crippen molar-refractivity contribution in [2.24, 2.45) is 5.41 Å². The van der Waals surface area contributed by atoms with Gasteiger partial charge in [0.05, 0.1) is 22.8 Å². The first-order chi connectivity index (χ1) is 17.0. The van der Waals surface area contributed by atoms with Crippen LogP contribution in [-0.4, -0.2) is 66.4 Å². The van der Waals surface area contributed by atoms with Crippen LogP contribution in [0.25, 0.3) is 0 Å². The Labute approximate surface area is 208 Å². The number of anilines is 1. The number of carbonyl (C=O) groups is 2. The molecule has 190 valence electrons. The van der Waals surface area contributed by atoms with E-state index in [1.807, 2.05) is 4.90 Å². The molecule has 10 heteroatoms. The van der Waals surface area contributed by atoms with Crippen molar-refractivity contribution >= 4 is 17.5 Å². The van der Waals surface area contributed by atoms with E-state index in [0.29, 0.717) is 55.8 Å². The third-order valence-electron chi connectivity index (χ3n) is 7.35. The molecule has 2 aliphatic rings. The number of hydrogen-bond donors (Lipinski definition) is 0. The summed E-state index contributed by atoms with van der Waals surface area (Å²) in [6.45, 7) is 3.13. The fourth-order valence-corrected chi connectivity index (χ4v) is 5.32. The van der Waals surface area contributed by atoms with E-state index in [2.05, 4.69) is 4.98 Å². The summed E-state index contributed by atoms with van der Waals surface area (Å²) in [4.78, 5) is 35.8. The smallest absolute Gasteiger partial charge is 0.371 e. The van der Waals surface area contributed by atoms with Gasteiger partial charge in [0.1, 0.15) is 6.04 Å². The van der Waals surface area contributed by atoms with E-state index < -0.39 is 23.3 Å². The van der Waals surface area contributed by atoms with Gasteiger partial charge in [-0.3, -0.25) is 14.6 Å². The molecule has 0 aliphatic carbocycles. The van der Waals surface area contributed by atoms with Crippen LogP contribution in [0.4, 0.5) is 18.9 Å². The number of likely N-dealkylation sites (N-methyl/N-ethyl adjacent to an activating group) is 1. The summed E-state index contributed by atoms with van der Waals surface area (Å²) in [7, 11) is 3.33. The number of aromatic nitrogens is 1. The molecule has 2 amide bonds. The molecule has 1 aromatic heterocycles. The van der Waals surface area contributed by atoms with Gasteiger partial charge in [-0.25, -0.2) is 0 Å². The molecular weight excluding hydrogens is 471 g/mol. The Balaban J connectivity index is 1.56. The molecule has 2 aromatic rings. The van der Waals surface area contributed by atoms with Crippen molar-refractivity contribution in [2.75, 3.05) is 38.6 Å². The summed E-state index contributed by atoms with van der Waals surface area (Å²) in [6.07, 6.45) is -1.25. The second kappa shape index (κ2) is 9.45. The van der Waals surface area contributed by atoms with Crippen LogP contribution in [0.2, 0.25) is 0 Å². The number of carbonyl (C=O) groups excluding carboxylic acids is 2. The van der Waals surface area contributed by atoms with Gasteiger partial charge in [0.15, 0.2) is 0 Å². The van der Waals surface area contributed by atoms with E-state index in [9.17, 15) is 22.8 Å². The van der Waals surface area contributed by atoms with Crippen LogP contribution >= 0.6 is 0 Å². The van der Waals surface area contributed by atoms with Crippen LogP contribution in [0.5, 0.6) is 0 Å². The molecule has 1 atom stereocenters. The highest BCUT2D eigenvalue weighted by molar-refractivity contribution is 5.98. The molecule has 7 nitrogen and oxygen atoms in total. The van der Waals surface area contributed by atoms with Crippen LogP contribution < -0.4 is 4.90 Å². The molecule has 1 spiro atoms. The van der Waals surface area contributed by atoms with E-state index in [0.717, 1.165) is 6.07 Å². The number of hydrogen-bond acceptors (Lipinski definition) is 5. The fraction of sp³-hybridized carbons (Fsp3) is 0.462. The second-order valence-electron chi connectivity index (χ2n) is 9.85. The minimum Gasteiger partial charge on any atom is -0.371 e. The standard InChI is InChI=1S/C26H28F3N5O2/c1-17-20(5-4-10-31-17)23(35)34-16-25(14-22(34)24(36)32(2)3)8-11-33(12-9-25)19-7-6-18(15-30)21(13-19)26(27,28)29/h4-7,10,13,22H,8-9,11-12,14,16H2,1-3H3. The van der Waals surface area contributed by atoms with Gasteiger partial charge in [-0.15, -0.1) is 0 Å². The number of aryl methyl sites for hydroxylation is 1. The lowest BCUT2D eigenvalue weighted by molar-refractivity contribution is -0.137. The summed E-state index contributed by atoms with van der Waals surface area (Å²) < 4.78 is 40.3. The van der Waals surface area contributed by atoms with Crippen LogP contribution in [0.1, 0.15) is 46.4 Å². The van der Waals surface area contributed by atoms with Gasteiger partial charge in [0, 0.05) is 51.3 Å². The lowest BCUT2D eigenvalue weighted by atomic mass is 9.76. The number of halogens is 3. The summed E-state index contributed by atoms with van der Waals surface area (Å²) in [5, 5.41) is 9.07. The molecule has 2 aliphatic heterocycles. The Morgan fingerprint density at radius 1 is 1.19 bits per heavy atom. The molecule has 0 saturated carbocycles. The van der Waals surface area contributed by atoms with Crippen molar-refractivity contribution in [1.82, 2.24) is 14.8 Å². The molecule has 36 heavy (non-hydrogen) atoms. The Morgan fingerprint density at radius 2 is 1.89 bits per heavy atom.